The van der Waals surface area contributed by atoms with Gasteiger partial charge in [0.05, 0.1) is 11.6 Å². The SMILES string of the molecule is CC1(C)CCSc2c(Cl)cc(CN3CCC4(CC3)CN(c3ccccc3)C(=O)O4)cc21. The summed E-state index contributed by atoms with van der Waals surface area (Å²) in [5.74, 6) is 1.13. The number of nitrogens with zero attached hydrogens (tertiary/aromatic N) is 2. The topological polar surface area (TPSA) is 32.8 Å². The van der Waals surface area contributed by atoms with Gasteiger partial charge < -0.3 is 4.74 Å². The van der Waals surface area contributed by atoms with Crippen LogP contribution < -0.4 is 4.90 Å². The van der Waals surface area contributed by atoms with Crippen molar-refractivity contribution in [1.82, 2.24) is 4.90 Å². The van der Waals surface area contributed by atoms with Crippen molar-refractivity contribution in [2.24, 2.45) is 0 Å². The van der Waals surface area contributed by atoms with E-state index in [1.54, 1.807) is 4.90 Å². The number of piperidine rings is 1. The molecule has 2 aromatic carbocycles. The van der Waals surface area contributed by atoms with Gasteiger partial charge in [-0.15, -0.1) is 11.8 Å². The standard InChI is InChI=1S/C25H29ClN2O2S/c1-24(2)10-13-31-22-20(24)14-18(15-21(22)26)16-27-11-8-25(9-12-27)17-28(23(29)30-25)19-6-4-3-5-7-19/h3-7,14-15H,8-13,16-17H2,1-2H3. The number of halogens is 1. The van der Waals surface area contributed by atoms with Crippen LogP contribution in [0.1, 0.15) is 44.2 Å². The number of rotatable bonds is 3. The smallest absolute Gasteiger partial charge is 0.415 e. The number of hydrogen-bond acceptors (Lipinski definition) is 4. The van der Waals surface area contributed by atoms with Crippen LogP contribution >= 0.6 is 23.4 Å². The molecule has 1 amide bonds. The van der Waals surface area contributed by atoms with Crippen molar-refractivity contribution in [3.8, 4) is 0 Å². The van der Waals surface area contributed by atoms with Crippen LogP contribution in [-0.4, -0.2) is 42.0 Å². The number of benzene rings is 2. The van der Waals surface area contributed by atoms with Gasteiger partial charge in [-0.1, -0.05) is 49.7 Å². The molecular formula is C25H29ClN2O2S. The van der Waals surface area contributed by atoms with E-state index in [9.17, 15) is 4.79 Å². The van der Waals surface area contributed by atoms with Gasteiger partial charge in [0.2, 0.25) is 0 Å². The summed E-state index contributed by atoms with van der Waals surface area (Å²) in [5.41, 5.74) is 3.39. The molecule has 31 heavy (non-hydrogen) atoms. The predicted molar refractivity (Wildman–Crippen MR) is 127 cm³/mol. The largest absolute Gasteiger partial charge is 0.441 e. The van der Waals surface area contributed by atoms with Crippen molar-refractivity contribution >= 4 is 35.1 Å². The Labute approximate surface area is 193 Å². The minimum atomic E-state index is -0.366. The molecule has 164 valence electrons. The summed E-state index contributed by atoms with van der Waals surface area (Å²) in [7, 11) is 0. The monoisotopic (exact) mass is 456 g/mol. The van der Waals surface area contributed by atoms with E-state index in [-0.39, 0.29) is 17.1 Å². The number of carbonyl (C=O) groups excluding carboxylic acids is 1. The highest BCUT2D eigenvalue weighted by Gasteiger charge is 2.47. The van der Waals surface area contributed by atoms with Gasteiger partial charge in [0.1, 0.15) is 5.60 Å². The molecule has 5 rings (SSSR count). The maximum Gasteiger partial charge on any atom is 0.415 e. The number of ether oxygens (including phenoxy) is 1. The molecule has 0 atom stereocenters. The number of anilines is 1. The number of para-hydroxylation sites is 1. The molecule has 0 unspecified atom stereocenters. The highest BCUT2D eigenvalue weighted by Crippen LogP contribution is 2.45. The maximum absolute atomic E-state index is 12.5. The van der Waals surface area contributed by atoms with Crippen LogP contribution in [0.4, 0.5) is 10.5 Å². The molecule has 0 bridgehead atoms. The number of amides is 1. The molecule has 0 radical (unpaired) electrons. The Morgan fingerprint density at radius 2 is 1.84 bits per heavy atom. The molecule has 2 fully saturated rings. The number of carbonyl (C=O) groups is 1. The van der Waals surface area contributed by atoms with Gasteiger partial charge in [0.25, 0.3) is 0 Å². The summed E-state index contributed by atoms with van der Waals surface area (Å²) in [6.07, 6.45) is 2.69. The third-order valence-electron chi connectivity index (χ3n) is 7.02. The Kier molecular flexibility index (Phi) is 5.48. The third kappa shape index (κ3) is 4.08. The van der Waals surface area contributed by atoms with Crippen LogP contribution in [0.25, 0.3) is 0 Å². The van der Waals surface area contributed by atoms with Crippen molar-refractivity contribution in [2.75, 3.05) is 30.3 Å². The van der Waals surface area contributed by atoms with Gasteiger partial charge in [-0.25, -0.2) is 4.79 Å². The Balaban J connectivity index is 1.26. The third-order valence-corrected chi connectivity index (χ3v) is 8.56. The zero-order valence-electron chi connectivity index (χ0n) is 18.2. The molecule has 0 aromatic heterocycles. The molecule has 2 saturated heterocycles. The van der Waals surface area contributed by atoms with Crippen LogP contribution in [0, 0.1) is 0 Å². The fraction of sp³-hybridized carbons (Fsp3) is 0.480. The van der Waals surface area contributed by atoms with Gasteiger partial charge in [-0.05, 0) is 46.9 Å². The first-order valence-corrected chi connectivity index (χ1v) is 12.5. The van der Waals surface area contributed by atoms with Crippen LogP contribution in [0.5, 0.6) is 0 Å². The molecule has 3 heterocycles. The highest BCUT2D eigenvalue weighted by atomic mass is 35.5. The first-order valence-electron chi connectivity index (χ1n) is 11.1. The van der Waals surface area contributed by atoms with E-state index in [1.807, 2.05) is 42.1 Å². The van der Waals surface area contributed by atoms with Gasteiger partial charge in [0, 0.05) is 43.1 Å². The number of hydrogen-bond donors (Lipinski definition) is 0. The zero-order valence-corrected chi connectivity index (χ0v) is 19.8. The van der Waals surface area contributed by atoms with Gasteiger partial charge in [-0.2, -0.15) is 0 Å². The summed E-state index contributed by atoms with van der Waals surface area (Å²) in [4.78, 5) is 18.0. The number of likely N-dealkylation sites (tertiary alicyclic amines) is 1. The quantitative estimate of drug-likeness (QED) is 0.558. The minimum absolute atomic E-state index is 0.172. The normalized spacial score (nSPS) is 22.4. The van der Waals surface area contributed by atoms with Crippen molar-refractivity contribution in [2.45, 2.75) is 55.6 Å². The summed E-state index contributed by atoms with van der Waals surface area (Å²) < 4.78 is 5.91. The highest BCUT2D eigenvalue weighted by molar-refractivity contribution is 7.99. The first-order chi connectivity index (χ1) is 14.9. The molecule has 4 nitrogen and oxygen atoms in total. The first kappa shape index (κ1) is 21.2. The van der Waals surface area contributed by atoms with Crippen molar-refractivity contribution in [3.63, 3.8) is 0 Å². The van der Waals surface area contributed by atoms with Crippen LogP contribution in [0.3, 0.4) is 0 Å². The van der Waals surface area contributed by atoms with Crippen LogP contribution in [0.2, 0.25) is 5.02 Å². The van der Waals surface area contributed by atoms with Crippen molar-refractivity contribution in [3.05, 3.63) is 58.6 Å². The summed E-state index contributed by atoms with van der Waals surface area (Å²) in [6.45, 7) is 8.01. The lowest BCUT2D eigenvalue weighted by molar-refractivity contribution is -0.000982. The lowest BCUT2D eigenvalue weighted by Crippen LogP contribution is -2.46. The van der Waals surface area contributed by atoms with Crippen LogP contribution in [0.15, 0.2) is 47.4 Å². The Bertz CT molecular complexity index is 987. The van der Waals surface area contributed by atoms with Crippen molar-refractivity contribution in [1.29, 1.82) is 0 Å². The zero-order chi connectivity index (χ0) is 21.6. The second kappa shape index (κ2) is 8.02. The minimum Gasteiger partial charge on any atom is -0.441 e. The molecule has 1 spiro atoms. The molecule has 0 saturated carbocycles. The Morgan fingerprint density at radius 3 is 2.58 bits per heavy atom. The fourth-order valence-electron chi connectivity index (χ4n) is 5.00. The summed E-state index contributed by atoms with van der Waals surface area (Å²) in [5, 5.41) is 0.891. The molecule has 6 heteroatoms. The van der Waals surface area contributed by atoms with E-state index in [2.05, 4.69) is 30.9 Å². The van der Waals surface area contributed by atoms with E-state index in [0.29, 0.717) is 6.54 Å². The van der Waals surface area contributed by atoms with E-state index in [0.717, 1.165) is 48.9 Å². The second-order valence-corrected chi connectivity index (χ2v) is 11.2. The lowest BCUT2D eigenvalue weighted by Gasteiger charge is -2.38. The van der Waals surface area contributed by atoms with E-state index >= 15 is 0 Å². The van der Waals surface area contributed by atoms with Crippen molar-refractivity contribution < 1.29 is 9.53 Å². The summed E-state index contributed by atoms with van der Waals surface area (Å²) >= 11 is 8.56. The molecule has 0 N–H and O–H groups in total. The van der Waals surface area contributed by atoms with Gasteiger partial charge in [0.15, 0.2) is 0 Å². The predicted octanol–water partition coefficient (Wildman–Crippen LogP) is 6.10. The molecule has 3 aliphatic heterocycles. The Morgan fingerprint density at radius 1 is 1.10 bits per heavy atom. The number of thioether (sulfide) groups is 1. The second-order valence-electron chi connectivity index (χ2n) is 9.69. The molecule has 2 aromatic rings. The molecule has 3 aliphatic rings. The van der Waals surface area contributed by atoms with Gasteiger partial charge >= 0.3 is 6.09 Å². The molecule has 0 aliphatic carbocycles. The average molecular weight is 457 g/mol. The van der Waals surface area contributed by atoms with E-state index in [1.165, 1.54) is 22.4 Å². The molecular weight excluding hydrogens is 428 g/mol. The van der Waals surface area contributed by atoms with E-state index in [4.69, 9.17) is 16.3 Å². The van der Waals surface area contributed by atoms with Crippen LogP contribution in [-0.2, 0) is 16.7 Å². The summed E-state index contributed by atoms with van der Waals surface area (Å²) in [6, 6.07) is 14.3. The van der Waals surface area contributed by atoms with Gasteiger partial charge in [-0.3, -0.25) is 9.80 Å². The fourth-order valence-corrected chi connectivity index (χ4v) is 6.91. The average Bonchev–Trinajstić information content (AvgIpc) is 3.07. The lowest BCUT2D eigenvalue weighted by atomic mass is 9.81. The Hall–Kier alpha value is -1.69. The number of fused-ring (bicyclic) bond motifs is 1. The maximum atomic E-state index is 12.5. The van der Waals surface area contributed by atoms with E-state index < -0.39 is 0 Å².